The molecule has 2 rings (SSSR count). The molecule has 134 valence electrons. The summed E-state index contributed by atoms with van der Waals surface area (Å²) in [7, 11) is 3.29. The maximum Gasteiger partial charge on any atom is 0.339 e. The predicted molar refractivity (Wildman–Crippen MR) is 92.9 cm³/mol. The van der Waals surface area contributed by atoms with Crippen LogP contribution in [0.25, 0.3) is 0 Å². The zero-order chi connectivity index (χ0) is 18.6. The first-order valence-corrected chi connectivity index (χ1v) is 8.02. The van der Waals surface area contributed by atoms with Gasteiger partial charge in [-0.25, -0.2) is 4.79 Å². The van der Waals surface area contributed by atoms with Crippen LogP contribution in [0.5, 0.6) is 5.75 Å². The molecule has 0 aliphatic heterocycles. The number of furan rings is 1. The van der Waals surface area contributed by atoms with Crippen molar-refractivity contribution in [2.75, 3.05) is 14.2 Å². The van der Waals surface area contributed by atoms with Crippen LogP contribution in [-0.4, -0.2) is 36.0 Å². The van der Waals surface area contributed by atoms with E-state index in [1.807, 2.05) is 31.2 Å². The third-order valence-corrected chi connectivity index (χ3v) is 4.16. The smallest absolute Gasteiger partial charge is 0.339 e. The Morgan fingerprint density at radius 3 is 2.64 bits per heavy atom. The second kappa shape index (κ2) is 7.88. The number of carbonyl (C=O) groups excluding carboxylic acids is 1. The van der Waals surface area contributed by atoms with Crippen molar-refractivity contribution in [2.24, 2.45) is 0 Å². The minimum atomic E-state index is -1.03. The number of hydrogen-bond donors (Lipinski definition) is 1. The van der Waals surface area contributed by atoms with Crippen LogP contribution in [0.2, 0.25) is 0 Å². The lowest BCUT2D eigenvalue weighted by Gasteiger charge is -2.19. The second-order valence-electron chi connectivity index (χ2n) is 6.12. The van der Waals surface area contributed by atoms with Crippen molar-refractivity contribution in [1.82, 2.24) is 4.90 Å². The maximum absolute atomic E-state index is 12.4. The largest absolute Gasteiger partial charge is 0.497 e. The van der Waals surface area contributed by atoms with E-state index in [-0.39, 0.29) is 23.9 Å². The Morgan fingerprint density at radius 2 is 2.04 bits per heavy atom. The van der Waals surface area contributed by atoms with Gasteiger partial charge in [-0.05, 0) is 36.6 Å². The van der Waals surface area contributed by atoms with Gasteiger partial charge in [0.1, 0.15) is 22.8 Å². The van der Waals surface area contributed by atoms with Gasteiger partial charge in [0, 0.05) is 13.5 Å². The van der Waals surface area contributed by atoms with Crippen molar-refractivity contribution in [1.29, 1.82) is 0 Å². The van der Waals surface area contributed by atoms with Crippen LogP contribution < -0.4 is 4.74 Å². The topological polar surface area (TPSA) is 80.0 Å². The minimum absolute atomic E-state index is 0.0398. The fraction of sp³-hybridized carbons (Fsp3) is 0.368. The Morgan fingerprint density at radius 1 is 1.32 bits per heavy atom. The zero-order valence-electron chi connectivity index (χ0n) is 14.9. The third kappa shape index (κ3) is 4.62. The molecule has 1 unspecified atom stereocenters. The van der Waals surface area contributed by atoms with E-state index < -0.39 is 5.97 Å². The van der Waals surface area contributed by atoms with Crippen LogP contribution in [0.3, 0.4) is 0 Å². The van der Waals surface area contributed by atoms with Gasteiger partial charge in [-0.15, -0.1) is 0 Å². The number of amides is 1. The van der Waals surface area contributed by atoms with Gasteiger partial charge in [-0.1, -0.05) is 19.1 Å². The number of carboxylic acid groups (broad SMARTS) is 1. The summed E-state index contributed by atoms with van der Waals surface area (Å²) in [5, 5.41) is 9.06. The molecule has 25 heavy (non-hydrogen) atoms. The molecule has 6 heteroatoms. The van der Waals surface area contributed by atoms with Gasteiger partial charge in [-0.3, -0.25) is 4.79 Å². The van der Waals surface area contributed by atoms with Crippen LogP contribution in [-0.2, 0) is 11.3 Å². The Balaban J connectivity index is 1.99. The van der Waals surface area contributed by atoms with E-state index in [4.69, 9.17) is 14.3 Å². The molecule has 1 N–H and O–H groups in total. The lowest BCUT2D eigenvalue weighted by molar-refractivity contribution is -0.131. The Kier molecular flexibility index (Phi) is 5.85. The van der Waals surface area contributed by atoms with Crippen molar-refractivity contribution < 1.29 is 23.8 Å². The molecular weight excluding hydrogens is 322 g/mol. The maximum atomic E-state index is 12.4. The molecule has 0 spiro atoms. The number of carbonyl (C=O) groups is 2. The molecule has 0 bridgehead atoms. The molecule has 0 aliphatic carbocycles. The molecule has 0 saturated carbocycles. The van der Waals surface area contributed by atoms with Crippen LogP contribution in [0.4, 0.5) is 0 Å². The first kappa shape index (κ1) is 18.6. The summed E-state index contributed by atoms with van der Waals surface area (Å²) in [5.41, 5.74) is 1.16. The first-order valence-electron chi connectivity index (χ1n) is 8.02. The van der Waals surface area contributed by atoms with Crippen LogP contribution in [0.1, 0.15) is 46.7 Å². The van der Waals surface area contributed by atoms with Gasteiger partial charge in [0.2, 0.25) is 5.91 Å². The number of nitrogens with zero attached hydrogens (tertiary/aromatic N) is 1. The number of ether oxygens (including phenoxy) is 1. The lowest BCUT2D eigenvalue weighted by atomic mass is 9.97. The molecule has 0 fully saturated rings. The first-order chi connectivity index (χ1) is 11.8. The van der Waals surface area contributed by atoms with Crippen molar-refractivity contribution in [3.05, 3.63) is 53.0 Å². The number of aryl methyl sites for hydroxylation is 1. The molecular formula is C19H23NO5. The van der Waals surface area contributed by atoms with Gasteiger partial charge in [0.15, 0.2) is 0 Å². The normalized spacial score (nSPS) is 11.8. The zero-order valence-corrected chi connectivity index (χ0v) is 14.9. The molecule has 1 atom stereocenters. The molecule has 1 aromatic heterocycles. The average Bonchev–Trinajstić information content (AvgIpc) is 2.95. The summed E-state index contributed by atoms with van der Waals surface area (Å²) >= 11 is 0. The molecule has 6 nitrogen and oxygen atoms in total. The van der Waals surface area contributed by atoms with Gasteiger partial charge in [0.05, 0.1) is 13.7 Å². The van der Waals surface area contributed by atoms with Crippen molar-refractivity contribution in [3.63, 3.8) is 0 Å². The summed E-state index contributed by atoms with van der Waals surface area (Å²) in [6, 6.07) is 9.12. The highest BCUT2D eigenvalue weighted by Gasteiger charge is 2.19. The number of benzene rings is 1. The summed E-state index contributed by atoms with van der Waals surface area (Å²) in [6.45, 7) is 3.82. The fourth-order valence-electron chi connectivity index (χ4n) is 2.64. The highest BCUT2D eigenvalue weighted by Crippen LogP contribution is 2.24. The molecule has 1 amide bonds. The Hall–Kier alpha value is -2.76. The highest BCUT2D eigenvalue weighted by molar-refractivity contribution is 5.88. The molecule has 1 aromatic carbocycles. The van der Waals surface area contributed by atoms with Crippen molar-refractivity contribution >= 4 is 11.9 Å². The number of hydrogen-bond acceptors (Lipinski definition) is 4. The van der Waals surface area contributed by atoms with Gasteiger partial charge in [0.25, 0.3) is 0 Å². The molecule has 1 heterocycles. The predicted octanol–water partition coefficient (Wildman–Crippen LogP) is 3.45. The average molecular weight is 345 g/mol. The number of rotatable bonds is 7. The van der Waals surface area contributed by atoms with Crippen LogP contribution in [0.15, 0.2) is 34.7 Å². The monoisotopic (exact) mass is 345 g/mol. The van der Waals surface area contributed by atoms with E-state index in [2.05, 4.69) is 0 Å². The van der Waals surface area contributed by atoms with E-state index in [0.29, 0.717) is 17.9 Å². The van der Waals surface area contributed by atoms with E-state index in [0.717, 1.165) is 11.3 Å². The van der Waals surface area contributed by atoms with Crippen molar-refractivity contribution in [3.8, 4) is 5.75 Å². The number of carboxylic acids is 1. The summed E-state index contributed by atoms with van der Waals surface area (Å²) in [6.07, 6.45) is 0.342. The Bertz CT molecular complexity index is 765. The third-order valence-electron chi connectivity index (χ3n) is 4.16. The van der Waals surface area contributed by atoms with Crippen molar-refractivity contribution in [2.45, 2.75) is 32.7 Å². The van der Waals surface area contributed by atoms with E-state index >= 15 is 0 Å². The Labute approximate surface area is 147 Å². The van der Waals surface area contributed by atoms with Gasteiger partial charge >= 0.3 is 5.97 Å². The lowest BCUT2D eigenvalue weighted by Crippen LogP contribution is -2.27. The second-order valence-corrected chi connectivity index (χ2v) is 6.12. The van der Waals surface area contributed by atoms with Crippen LogP contribution in [0, 0.1) is 6.92 Å². The van der Waals surface area contributed by atoms with E-state index in [1.54, 1.807) is 26.0 Å². The number of methoxy groups -OCH3 is 1. The van der Waals surface area contributed by atoms with Gasteiger partial charge in [-0.2, -0.15) is 0 Å². The molecule has 0 radical (unpaired) electrons. The summed E-state index contributed by atoms with van der Waals surface area (Å²) in [4.78, 5) is 25.0. The standard InChI is InChI=1S/C19H23NO5/c1-12(14-6-5-7-15(9-14)24-4)8-18(21)20(3)11-16-10-17(19(22)23)13(2)25-16/h5-7,9-10,12H,8,11H2,1-4H3,(H,22,23). The summed E-state index contributed by atoms with van der Waals surface area (Å²) in [5.74, 6) is 0.526. The highest BCUT2D eigenvalue weighted by atomic mass is 16.5. The quantitative estimate of drug-likeness (QED) is 0.831. The minimum Gasteiger partial charge on any atom is -0.497 e. The molecule has 2 aromatic rings. The molecule has 0 saturated heterocycles. The van der Waals surface area contributed by atoms with Crippen LogP contribution >= 0.6 is 0 Å². The molecule has 0 aliphatic rings. The SMILES string of the molecule is COc1cccc(C(C)CC(=O)N(C)Cc2cc(C(=O)O)c(C)o2)c1. The fourth-order valence-corrected chi connectivity index (χ4v) is 2.64. The summed E-state index contributed by atoms with van der Waals surface area (Å²) < 4.78 is 10.6. The van der Waals surface area contributed by atoms with Gasteiger partial charge < -0.3 is 19.2 Å². The van der Waals surface area contributed by atoms with E-state index in [9.17, 15) is 9.59 Å². The van der Waals surface area contributed by atoms with E-state index in [1.165, 1.54) is 6.07 Å². The number of aromatic carboxylic acids is 1.